The van der Waals surface area contributed by atoms with Gasteiger partial charge in [-0.3, -0.25) is 0 Å². The van der Waals surface area contributed by atoms with Gasteiger partial charge in [-0.2, -0.15) is 0 Å². The number of nitrogens with two attached hydrogens (primary N) is 1. The number of thiophene rings is 1. The van der Waals surface area contributed by atoms with Crippen LogP contribution >= 0.6 is 11.3 Å². The Labute approximate surface area is 90.3 Å². The molecule has 1 saturated carbocycles. The molecule has 0 radical (unpaired) electrons. The zero-order valence-electron chi connectivity index (χ0n) is 8.78. The van der Waals surface area contributed by atoms with Gasteiger partial charge in [0, 0.05) is 10.9 Å². The van der Waals surface area contributed by atoms with Gasteiger partial charge in [0.2, 0.25) is 0 Å². The molecule has 1 aromatic heterocycles. The third-order valence-electron chi connectivity index (χ3n) is 3.44. The Morgan fingerprint density at radius 1 is 1.36 bits per heavy atom. The van der Waals surface area contributed by atoms with E-state index in [1.807, 2.05) is 0 Å². The lowest BCUT2D eigenvalue weighted by atomic mass is 9.79. The molecular formula is C12H19NS. The van der Waals surface area contributed by atoms with Crippen molar-refractivity contribution in [3.63, 3.8) is 0 Å². The number of hydrogen-bond acceptors (Lipinski definition) is 2. The minimum absolute atomic E-state index is 0.294. The second-order valence-electron chi connectivity index (χ2n) is 4.56. The fraction of sp³-hybridized carbons (Fsp3) is 0.667. The van der Waals surface area contributed by atoms with E-state index in [2.05, 4.69) is 24.4 Å². The van der Waals surface area contributed by atoms with E-state index in [1.165, 1.54) is 30.6 Å². The van der Waals surface area contributed by atoms with Crippen LogP contribution in [0.5, 0.6) is 0 Å². The van der Waals surface area contributed by atoms with Crippen molar-refractivity contribution < 1.29 is 0 Å². The third-order valence-corrected chi connectivity index (χ3v) is 4.41. The summed E-state index contributed by atoms with van der Waals surface area (Å²) in [6, 6.07) is 4.57. The van der Waals surface area contributed by atoms with E-state index >= 15 is 0 Å². The van der Waals surface area contributed by atoms with Gasteiger partial charge in [-0.25, -0.2) is 0 Å². The van der Waals surface area contributed by atoms with E-state index in [1.54, 1.807) is 11.3 Å². The average molecular weight is 209 g/mol. The molecule has 14 heavy (non-hydrogen) atoms. The third kappa shape index (κ3) is 2.18. The summed E-state index contributed by atoms with van der Waals surface area (Å²) in [4.78, 5) is 1.37. The molecule has 1 nitrogen and oxygen atoms in total. The van der Waals surface area contributed by atoms with Crippen LogP contribution in [-0.2, 0) is 0 Å². The van der Waals surface area contributed by atoms with Crippen molar-refractivity contribution in [3.8, 4) is 0 Å². The summed E-state index contributed by atoms with van der Waals surface area (Å²) >= 11 is 1.80. The summed E-state index contributed by atoms with van der Waals surface area (Å²) in [6.07, 6.45) is 5.37. The summed E-state index contributed by atoms with van der Waals surface area (Å²) in [6.45, 7) is 2.35. The Hall–Kier alpha value is -0.340. The lowest BCUT2D eigenvalue weighted by Gasteiger charge is -2.30. The minimum Gasteiger partial charge on any atom is -0.323 e. The standard InChI is InChI=1S/C12H19NS/c1-9-4-6-10(7-5-9)12(13)11-3-2-8-14-11/h2-3,8-10,12H,4-7,13H2,1H3/t9?,10?,12-/m1/s1. The molecule has 2 N–H and O–H groups in total. The van der Waals surface area contributed by atoms with E-state index < -0.39 is 0 Å². The summed E-state index contributed by atoms with van der Waals surface area (Å²) in [5.41, 5.74) is 6.27. The Balaban J connectivity index is 1.95. The maximum Gasteiger partial charge on any atom is 0.0418 e. The monoisotopic (exact) mass is 209 g/mol. The highest BCUT2D eigenvalue weighted by atomic mass is 32.1. The zero-order valence-corrected chi connectivity index (χ0v) is 9.59. The molecule has 1 aliphatic rings. The lowest BCUT2D eigenvalue weighted by Crippen LogP contribution is -2.24. The van der Waals surface area contributed by atoms with Gasteiger partial charge in [-0.15, -0.1) is 11.3 Å². The normalized spacial score (nSPS) is 30.1. The number of hydrogen-bond donors (Lipinski definition) is 1. The van der Waals surface area contributed by atoms with Crippen molar-refractivity contribution in [1.29, 1.82) is 0 Å². The lowest BCUT2D eigenvalue weighted by molar-refractivity contribution is 0.258. The number of rotatable bonds is 2. The van der Waals surface area contributed by atoms with Crippen molar-refractivity contribution in [2.75, 3.05) is 0 Å². The van der Waals surface area contributed by atoms with Gasteiger partial charge < -0.3 is 5.73 Å². The molecule has 78 valence electrons. The zero-order chi connectivity index (χ0) is 9.97. The van der Waals surface area contributed by atoms with E-state index in [0.717, 1.165) is 11.8 Å². The van der Waals surface area contributed by atoms with E-state index in [-0.39, 0.29) is 0 Å². The van der Waals surface area contributed by atoms with Crippen LogP contribution in [0.1, 0.15) is 43.5 Å². The van der Waals surface area contributed by atoms with Crippen LogP contribution in [-0.4, -0.2) is 0 Å². The topological polar surface area (TPSA) is 26.0 Å². The van der Waals surface area contributed by atoms with Crippen LogP contribution in [0, 0.1) is 11.8 Å². The molecule has 0 bridgehead atoms. The smallest absolute Gasteiger partial charge is 0.0418 e. The Bertz CT molecular complexity index is 260. The Morgan fingerprint density at radius 3 is 2.64 bits per heavy atom. The first-order valence-corrected chi connectivity index (χ1v) is 6.44. The van der Waals surface area contributed by atoms with Crippen molar-refractivity contribution in [3.05, 3.63) is 22.4 Å². The van der Waals surface area contributed by atoms with Crippen molar-refractivity contribution in [2.24, 2.45) is 17.6 Å². The predicted octanol–water partition coefficient (Wildman–Crippen LogP) is 3.57. The molecule has 0 unspecified atom stereocenters. The first kappa shape index (κ1) is 10.2. The van der Waals surface area contributed by atoms with Crippen molar-refractivity contribution in [1.82, 2.24) is 0 Å². The average Bonchev–Trinajstić information content (AvgIpc) is 2.71. The SMILES string of the molecule is CC1CCC([C@@H](N)c2cccs2)CC1. The fourth-order valence-electron chi connectivity index (χ4n) is 2.36. The van der Waals surface area contributed by atoms with Gasteiger partial charge in [-0.1, -0.05) is 25.8 Å². The maximum atomic E-state index is 6.27. The van der Waals surface area contributed by atoms with Crippen molar-refractivity contribution >= 4 is 11.3 Å². The highest BCUT2D eigenvalue weighted by Gasteiger charge is 2.24. The molecule has 2 heteroatoms. The Morgan fingerprint density at radius 2 is 2.07 bits per heavy atom. The highest BCUT2D eigenvalue weighted by Crippen LogP contribution is 2.36. The van der Waals surface area contributed by atoms with Gasteiger partial charge in [0.15, 0.2) is 0 Å². The summed E-state index contributed by atoms with van der Waals surface area (Å²) in [5.74, 6) is 1.65. The van der Waals surface area contributed by atoms with Crippen LogP contribution in [0.25, 0.3) is 0 Å². The van der Waals surface area contributed by atoms with Gasteiger partial charge >= 0.3 is 0 Å². The summed E-state index contributed by atoms with van der Waals surface area (Å²) < 4.78 is 0. The molecule has 1 atom stereocenters. The first-order chi connectivity index (χ1) is 6.77. The minimum atomic E-state index is 0.294. The van der Waals surface area contributed by atoms with E-state index in [4.69, 9.17) is 5.73 Å². The highest BCUT2D eigenvalue weighted by molar-refractivity contribution is 7.10. The summed E-state index contributed by atoms with van der Waals surface area (Å²) in [7, 11) is 0. The molecule has 1 fully saturated rings. The first-order valence-electron chi connectivity index (χ1n) is 5.56. The molecular weight excluding hydrogens is 190 g/mol. The van der Waals surface area contributed by atoms with Crippen LogP contribution in [0.3, 0.4) is 0 Å². The molecule has 1 aromatic rings. The molecule has 0 spiro atoms. The molecule has 1 heterocycles. The molecule has 0 aromatic carbocycles. The van der Waals surface area contributed by atoms with E-state index in [0.29, 0.717) is 6.04 Å². The van der Waals surface area contributed by atoms with Gasteiger partial charge in [0.25, 0.3) is 0 Å². The predicted molar refractivity (Wildman–Crippen MR) is 62.4 cm³/mol. The second-order valence-corrected chi connectivity index (χ2v) is 5.54. The largest absolute Gasteiger partial charge is 0.323 e. The maximum absolute atomic E-state index is 6.27. The molecule has 0 saturated heterocycles. The van der Waals surface area contributed by atoms with Gasteiger partial charge in [0.05, 0.1) is 0 Å². The molecule has 0 amide bonds. The Kier molecular flexibility index (Phi) is 3.24. The molecule has 2 rings (SSSR count). The second kappa shape index (κ2) is 4.45. The van der Waals surface area contributed by atoms with Crippen molar-refractivity contribution in [2.45, 2.75) is 38.6 Å². The van der Waals surface area contributed by atoms with Crippen LogP contribution in [0.4, 0.5) is 0 Å². The van der Waals surface area contributed by atoms with Gasteiger partial charge in [0.1, 0.15) is 0 Å². The van der Waals surface area contributed by atoms with Crippen LogP contribution < -0.4 is 5.73 Å². The summed E-state index contributed by atoms with van der Waals surface area (Å²) in [5, 5.41) is 2.13. The fourth-order valence-corrected chi connectivity index (χ4v) is 3.18. The quantitative estimate of drug-likeness (QED) is 0.791. The molecule has 0 aliphatic heterocycles. The van der Waals surface area contributed by atoms with Gasteiger partial charge in [-0.05, 0) is 36.1 Å². The van der Waals surface area contributed by atoms with Crippen LogP contribution in [0.2, 0.25) is 0 Å². The van der Waals surface area contributed by atoms with Crippen LogP contribution in [0.15, 0.2) is 17.5 Å². The molecule has 1 aliphatic carbocycles. The van der Waals surface area contributed by atoms with E-state index in [9.17, 15) is 0 Å².